The smallest absolute Gasteiger partial charge is 0.326 e. The van der Waals surface area contributed by atoms with Crippen molar-refractivity contribution in [2.45, 2.75) is 31.4 Å². The van der Waals surface area contributed by atoms with Crippen molar-refractivity contribution in [2.75, 3.05) is 20.1 Å². The minimum absolute atomic E-state index is 0.116. The van der Waals surface area contributed by atoms with Gasteiger partial charge in [-0.3, -0.25) is 0 Å². The van der Waals surface area contributed by atoms with Gasteiger partial charge in [-0.15, -0.1) is 0 Å². The topological polar surface area (TPSA) is 81.1 Å². The first-order valence-electron chi connectivity index (χ1n) is 5.91. The van der Waals surface area contributed by atoms with Gasteiger partial charge in [0.1, 0.15) is 6.04 Å². The van der Waals surface area contributed by atoms with Crippen molar-refractivity contribution in [2.24, 2.45) is 5.92 Å². The Labute approximate surface area is 99.8 Å². The van der Waals surface area contributed by atoms with Crippen molar-refractivity contribution in [3.8, 4) is 0 Å². The van der Waals surface area contributed by atoms with Gasteiger partial charge in [0.2, 0.25) is 0 Å². The summed E-state index contributed by atoms with van der Waals surface area (Å²) >= 11 is 0. The maximum atomic E-state index is 12.0. The number of urea groups is 1. The third kappa shape index (κ3) is 2.69. The van der Waals surface area contributed by atoms with Crippen LogP contribution in [0.1, 0.15) is 19.3 Å². The molecule has 1 aliphatic heterocycles. The lowest BCUT2D eigenvalue weighted by atomic mass is 10.2. The van der Waals surface area contributed by atoms with E-state index in [1.807, 2.05) is 0 Å². The predicted molar refractivity (Wildman–Crippen MR) is 59.5 cm³/mol. The fourth-order valence-electron chi connectivity index (χ4n) is 2.24. The average Bonchev–Trinajstić information content (AvgIpc) is 2.97. The van der Waals surface area contributed by atoms with Crippen LogP contribution in [0.4, 0.5) is 4.79 Å². The second-order valence-electron chi connectivity index (χ2n) is 5.00. The van der Waals surface area contributed by atoms with Crippen molar-refractivity contribution in [1.29, 1.82) is 0 Å². The molecular formula is C11H18N2O4. The highest BCUT2D eigenvalue weighted by Crippen LogP contribution is 2.30. The molecule has 0 spiro atoms. The summed E-state index contributed by atoms with van der Waals surface area (Å²) in [6.07, 6.45) is 1.68. The molecule has 2 rings (SSSR count). The number of nitrogens with zero attached hydrogens (tertiary/aromatic N) is 2. The van der Waals surface area contributed by atoms with Crippen LogP contribution in [-0.4, -0.2) is 64.3 Å². The van der Waals surface area contributed by atoms with Crippen molar-refractivity contribution < 1.29 is 19.8 Å². The molecule has 2 fully saturated rings. The minimum atomic E-state index is -1.05. The molecule has 1 saturated carbocycles. The summed E-state index contributed by atoms with van der Waals surface area (Å²) < 4.78 is 0. The van der Waals surface area contributed by atoms with E-state index in [4.69, 9.17) is 5.11 Å². The highest BCUT2D eigenvalue weighted by atomic mass is 16.4. The maximum Gasteiger partial charge on any atom is 0.326 e. The molecule has 6 heteroatoms. The summed E-state index contributed by atoms with van der Waals surface area (Å²) in [4.78, 5) is 25.9. The molecule has 2 aliphatic rings. The van der Waals surface area contributed by atoms with Crippen LogP contribution in [0.15, 0.2) is 0 Å². The van der Waals surface area contributed by atoms with Crippen LogP contribution in [0.2, 0.25) is 0 Å². The van der Waals surface area contributed by atoms with Crippen molar-refractivity contribution >= 4 is 12.0 Å². The molecule has 2 N–H and O–H groups in total. The van der Waals surface area contributed by atoms with Crippen LogP contribution >= 0.6 is 0 Å². The van der Waals surface area contributed by atoms with Gasteiger partial charge in [-0.1, -0.05) is 0 Å². The Morgan fingerprint density at radius 2 is 2.06 bits per heavy atom. The molecule has 0 unspecified atom stereocenters. The van der Waals surface area contributed by atoms with Gasteiger partial charge in [0.15, 0.2) is 0 Å². The third-order valence-electron chi connectivity index (χ3n) is 3.37. The number of β-amino-alcohol motifs (C(OH)–C–C–N with tert-alkyl or cyclic N) is 1. The summed E-state index contributed by atoms with van der Waals surface area (Å²) in [6, 6.07) is -1.18. The number of aliphatic hydroxyl groups excluding tert-OH is 1. The number of carbonyl (C=O) groups excluding carboxylic acids is 1. The number of aliphatic hydroxyl groups is 1. The number of carboxylic acids is 1. The number of hydrogen-bond donors (Lipinski definition) is 2. The van der Waals surface area contributed by atoms with E-state index in [-0.39, 0.29) is 19.0 Å². The second-order valence-corrected chi connectivity index (χ2v) is 5.00. The molecular weight excluding hydrogens is 224 g/mol. The molecule has 0 radical (unpaired) electrons. The van der Waals surface area contributed by atoms with E-state index in [1.54, 1.807) is 11.9 Å². The zero-order chi connectivity index (χ0) is 12.6. The molecule has 1 saturated heterocycles. The molecule has 0 aromatic carbocycles. The molecule has 0 aromatic rings. The third-order valence-corrected chi connectivity index (χ3v) is 3.37. The summed E-state index contributed by atoms with van der Waals surface area (Å²) in [7, 11) is 1.68. The Bertz CT molecular complexity index is 329. The van der Waals surface area contributed by atoms with E-state index in [9.17, 15) is 14.7 Å². The van der Waals surface area contributed by atoms with Gasteiger partial charge < -0.3 is 20.0 Å². The minimum Gasteiger partial charge on any atom is -0.480 e. The molecule has 6 nitrogen and oxygen atoms in total. The Morgan fingerprint density at radius 3 is 2.59 bits per heavy atom. The van der Waals surface area contributed by atoms with Gasteiger partial charge in [0, 0.05) is 26.6 Å². The lowest BCUT2D eigenvalue weighted by Crippen LogP contribution is -2.47. The number of aliphatic carboxylic acids is 1. The zero-order valence-corrected chi connectivity index (χ0v) is 9.87. The van der Waals surface area contributed by atoms with E-state index in [0.29, 0.717) is 12.5 Å². The van der Waals surface area contributed by atoms with E-state index in [0.717, 1.165) is 12.8 Å². The van der Waals surface area contributed by atoms with E-state index >= 15 is 0 Å². The number of likely N-dealkylation sites (tertiary alicyclic amines) is 1. The molecule has 0 bridgehead atoms. The van der Waals surface area contributed by atoms with E-state index in [2.05, 4.69) is 0 Å². The lowest BCUT2D eigenvalue weighted by molar-refractivity contribution is -0.141. The van der Waals surface area contributed by atoms with Gasteiger partial charge in [-0.25, -0.2) is 9.59 Å². The summed E-state index contributed by atoms with van der Waals surface area (Å²) in [5.41, 5.74) is 0. The number of amides is 2. The molecule has 2 amide bonds. The number of rotatable bonds is 3. The highest BCUT2D eigenvalue weighted by Gasteiger charge is 2.40. The fraction of sp³-hybridized carbons (Fsp3) is 0.818. The van der Waals surface area contributed by atoms with Gasteiger partial charge in [-0.05, 0) is 18.8 Å². The Kier molecular flexibility index (Phi) is 3.24. The molecule has 1 heterocycles. The average molecular weight is 242 g/mol. The number of hydrogen-bond acceptors (Lipinski definition) is 3. The van der Waals surface area contributed by atoms with Crippen molar-refractivity contribution in [3.63, 3.8) is 0 Å². The largest absolute Gasteiger partial charge is 0.480 e. The first-order chi connectivity index (χ1) is 7.99. The van der Waals surface area contributed by atoms with Gasteiger partial charge in [0.25, 0.3) is 0 Å². The summed E-state index contributed by atoms with van der Waals surface area (Å²) in [5.74, 6) is -0.477. The van der Waals surface area contributed by atoms with Gasteiger partial charge in [0.05, 0.1) is 6.10 Å². The Morgan fingerprint density at radius 1 is 1.41 bits per heavy atom. The summed E-state index contributed by atoms with van der Waals surface area (Å²) in [6.45, 7) is 0.794. The van der Waals surface area contributed by atoms with Crippen LogP contribution in [0.5, 0.6) is 0 Å². The monoisotopic (exact) mass is 242 g/mol. The number of carbonyl (C=O) groups is 2. The fourth-order valence-corrected chi connectivity index (χ4v) is 2.24. The van der Waals surface area contributed by atoms with Crippen molar-refractivity contribution in [1.82, 2.24) is 9.80 Å². The van der Waals surface area contributed by atoms with Gasteiger partial charge >= 0.3 is 12.0 Å². The first kappa shape index (κ1) is 12.2. The SMILES string of the molecule is CN(CC1CC1)C(=O)N1C[C@H](O)C[C@@H]1C(=O)O. The number of carboxylic acid groups (broad SMARTS) is 1. The molecule has 1 aliphatic carbocycles. The Balaban J connectivity index is 1.98. The Hall–Kier alpha value is -1.30. The molecule has 96 valence electrons. The van der Waals surface area contributed by atoms with Crippen LogP contribution < -0.4 is 0 Å². The van der Waals surface area contributed by atoms with Crippen LogP contribution in [0, 0.1) is 5.92 Å². The first-order valence-corrected chi connectivity index (χ1v) is 5.91. The van der Waals surface area contributed by atoms with Crippen molar-refractivity contribution in [3.05, 3.63) is 0 Å². The standard InChI is InChI=1S/C11H18N2O4/c1-12(5-7-2-3-7)11(17)13-6-8(14)4-9(13)10(15)16/h7-9,14H,2-6H2,1H3,(H,15,16)/t8-,9-/m1/s1. The van der Waals surface area contributed by atoms with Gasteiger partial charge in [-0.2, -0.15) is 0 Å². The lowest BCUT2D eigenvalue weighted by Gasteiger charge is -2.27. The molecule has 2 atom stereocenters. The maximum absolute atomic E-state index is 12.0. The van der Waals surface area contributed by atoms with Crippen LogP contribution in [-0.2, 0) is 4.79 Å². The quantitative estimate of drug-likeness (QED) is 0.728. The second kappa shape index (κ2) is 4.52. The van der Waals surface area contributed by atoms with Crippen LogP contribution in [0.25, 0.3) is 0 Å². The molecule has 17 heavy (non-hydrogen) atoms. The summed E-state index contributed by atoms with van der Waals surface area (Å²) in [5, 5.41) is 18.5. The highest BCUT2D eigenvalue weighted by molar-refractivity contribution is 5.83. The van der Waals surface area contributed by atoms with Crippen LogP contribution in [0.3, 0.4) is 0 Å². The normalized spacial score (nSPS) is 28.2. The zero-order valence-electron chi connectivity index (χ0n) is 9.87. The van der Waals surface area contributed by atoms with E-state index in [1.165, 1.54) is 4.90 Å². The van der Waals surface area contributed by atoms with E-state index < -0.39 is 18.1 Å². The molecule has 0 aromatic heterocycles. The predicted octanol–water partition coefficient (Wildman–Crippen LogP) is -0.0320.